The minimum atomic E-state index is -0.778. The number of ether oxygens (including phenoxy) is 1. The Morgan fingerprint density at radius 1 is 1.19 bits per heavy atom. The fourth-order valence-electron chi connectivity index (χ4n) is 2.29. The van der Waals surface area contributed by atoms with E-state index in [0.717, 1.165) is 12.1 Å². The summed E-state index contributed by atoms with van der Waals surface area (Å²) in [5.74, 6) is -2.11. The molecule has 4 amide bonds. The van der Waals surface area contributed by atoms with E-state index in [2.05, 4.69) is 21.9 Å². The zero-order valence-electron chi connectivity index (χ0n) is 14.1. The number of benzene rings is 1. The van der Waals surface area contributed by atoms with Crippen molar-refractivity contribution in [3.8, 4) is 0 Å². The zero-order chi connectivity index (χ0) is 20.0. The molecule has 0 unspecified atom stereocenters. The molecular weight excluding hydrogens is 360 g/mol. The summed E-state index contributed by atoms with van der Waals surface area (Å²) in [6.07, 6.45) is 0.726. The topological polar surface area (TPSA) is 148 Å². The van der Waals surface area contributed by atoms with Gasteiger partial charge in [0, 0.05) is 25.2 Å². The molecule has 0 bridgehead atoms. The zero-order valence-corrected chi connectivity index (χ0v) is 14.1. The van der Waals surface area contributed by atoms with Crippen molar-refractivity contribution in [3.05, 3.63) is 52.1 Å². The molecule has 0 saturated heterocycles. The van der Waals surface area contributed by atoms with Crippen molar-refractivity contribution < 1.29 is 28.8 Å². The van der Waals surface area contributed by atoms with Gasteiger partial charge in [0.25, 0.3) is 17.5 Å². The van der Waals surface area contributed by atoms with Gasteiger partial charge in [-0.2, -0.15) is 0 Å². The fourth-order valence-corrected chi connectivity index (χ4v) is 2.29. The average Bonchev–Trinajstić information content (AvgIpc) is 2.88. The number of fused-ring (bicyclic) bond motifs is 1. The highest BCUT2D eigenvalue weighted by Gasteiger charge is 2.37. The van der Waals surface area contributed by atoms with Crippen molar-refractivity contribution in [2.75, 3.05) is 26.2 Å². The quantitative estimate of drug-likeness (QED) is 0.217. The van der Waals surface area contributed by atoms with Crippen LogP contribution in [-0.2, 0) is 9.53 Å². The number of carbonyl (C=O) groups excluding carboxylic acids is 4. The van der Waals surface area contributed by atoms with Crippen LogP contribution in [0.4, 0.5) is 10.5 Å². The highest BCUT2D eigenvalue weighted by molar-refractivity contribution is 6.22. The lowest BCUT2D eigenvalue weighted by atomic mass is 10.1. The molecule has 1 aliphatic rings. The van der Waals surface area contributed by atoms with E-state index in [1.165, 1.54) is 12.1 Å². The second-order valence-corrected chi connectivity index (χ2v) is 5.35. The van der Waals surface area contributed by atoms with Crippen LogP contribution in [0.3, 0.4) is 0 Å². The number of amides is 4. The number of alkyl carbamates (subject to hydrolysis) is 1. The van der Waals surface area contributed by atoms with E-state index in [1.54, 1.807) is 0 Å². The van der Waals surface area contributed by atoms with Gasteiger partial charge in [-0.3, -0.25) is 29.4 Å². The second-order valence-electron chi connectivity index (χ2n) is 5.35. The third-order valence-electron chi connectivity index (χ3n) is 3.52. The summed E-state index contributed by atoms with van der Waals surface area (Å²) in [6, 6.07) is 3.31. The molecular formula is C16H16N4O7. The van der Waals surface area contributed by atoms with Crippen LogP contribution in [0.15, 0.2) is 30.9 Å². The van der Waals surface area contributed by atoms with Crippen molar-refractivity contribution in [1.82, 2.24) is 15.5 Å². The maximum absolute atomic E-state index is 12.3. The first-order chi connectivity index (χ1) is 12.8. The largest absolute Gasteiger partial charge is 0.445 e. The molecule has 27 heavy (non-hydrogen) atoms. The van der Waals surface area contributed by atoms with Gasteiger partial charge < -0.3 is 15.4 Å². The van der Waals surface area contributed by atoms with Crippen LogP contribution in [-0.4, -0.2) is 59.9 Å². The van der Waals surface area contributed by atoms with Gasteiger partial charge in [-0.15, -0.1) is 0 Å². The van der Waals surface area contributed by atoms with E-state index >= 15 is 0 Å². The third-order valence-corrected chi connectivity index (χ3v) is 3.52. The van der Waals surface area contributed by atoms with E-state index in [4.69, 9.17) is 0 Å². The normalized spacial score (nSPS) is 12.4. The summed E-state index contributed by atoms with van der Waals surface area (Å²) >= 11 is 0. The van der Waals surface area contributed by atoms with Crippen molar-refractivity contribution in [2.45, 2.75) is 0 Å². The predicted molar refractivity (Wildman–Crippen MR) is 91.0 cm³/mol. The number of hydrogen-bond donors (Lipinski definition) is 2. The summed E-state index contributed by atoms with van der Waals surface area (Å²) in [5, 5.41) is 15.6. The number of nitro benzene ring substituents is 1. The Morgan fingerprint density at radius 3 is 2.52 bits per heavy atom. The van der Waals surface area contributed by atoms with E-state index in [0.29, 0.717) is 4.90 Å². The number of rotatable bonds is 8. The lowest BCUT2D eigenvalue weighted by molar-refractivity contribution is -0.384. The van der Waals surface area contributed by atoms with Crippen LogP contribution in [0.5, 0.6) is 0 Å². The number of non-ortho nitro benzene ring substituents is 1. The monoisotopic (exact) mass is 376 g/mol. The molecule has 0 atom stereocenters. The van der Waals surface area contributed by atoms with Crippen molar-refractivity contribution in [3.63, 3.8) is 0 Å². The molecule has 142 valence electrons. The predicted octanol–water partition coefficient (Wildman–Crippen LogP) is 0.219. The molecule has 1 heterocycles. The standard InChI is InChI=1S/C16H16N4O7/c1-2-7-27-16(24)18-6-5-17-13(21)9-19-14(22)11-4-3-10(20(25)26)8-12(11)15(19)23/h2-4,8H,1,5-7,9H2,(H,17,21)(H,18,24). The Morgan fingerprint density at radius 2 is 1.85 bits per heavy atom. The number of carbonyl (C=O) groups is 4. The molecule has 0 saturated carbocycles. The van der Waals surface area contributed by atoms with Crippen LogP contribution in [0.1, 0.15) is 20.7 Å². The van der Waals surface area contributed by atoms with Gasteiger partial charge in [0.2, 0.25) is 5.91 Å². The molecule has 1 aromatic rings. The van der Waals surface area contributed by atoms with E-state index < -0.39 is 35.3 Å². The van der Waals surface area contributed by atoms with Crippen LogP contribution < -0.4 is 10.6 Å². The van der Waals surface area contributed by atoms with Crippen molar-refractivity contribution >= 4 is 29.5 Å². The van der Waals surface area contributed by atoms with Gasteiger partial charge in [0.1, 0.15) is 13.2 Å². The number of imide groups is 1. The van der Waals surface area contributed by atoms with E-state index in [-0.39, 0.29) is 36.5 Å². The first-order valence-electron chi connectivity index (χ1n) is 7.78. The molecule has 0 radical (unpaired) electrons. The van der Waals surface area contributed by atoms with Crippen molar-refractivity contribution in [2.24, 2.45) is 0 Å². The van der Waals surface area contributed by atoms with Gasteiger partial charge in [0.15, 0.2) is 0 Å². The van der Waals surface area contributed by atoms with Crippen LogP contribution in [0.25, 0.3) is 0 Å². The van der Waals surface area contributed by atoms with Gasteiger partial charge in [-0.25, -0.2) is 4.79 Å². The molecule has 1 aromatic carbocycles. The first-order valence-corrected chi connectivity index (χ1v) is 7.78. The fraction of sp³-hybridized carbons (Fsp3) is 0.250. The highest BCUT2D eigenvalue weighted by atomic mass is 16.6. The Balaban J connectivity index is 1.86. The highest BCUT2D eigenvalue weighted by Crippen LogP contribution is 2.26. The molecule has 11 nitrogen and oxygen atoms in total. The minimum absolute atomic E-state index is 0.00466. The number of hydrogen-bond acceptors (Lipinski definition) is 7. The maximum Gasteiger partial charge on any atom is 0.407 e. The molecule has 2 N–H and O–H groups in total. The molecule has 0 fully saturated rings. The van der Waals surface area contributed by atoms with Gasteiger partial charge >= 0.3 is 6.09 Å². The number of nitrogens with zero attached hydrogens (tertiary/aromatic N) is 2. The van der Waals surface area contributed by atoms with Crippen LogP contribution in [0.2, 0.25) is 0 Å². The first kappa shape index (κ1) is 19.6. The van der Waals surface area contributed by atoms with Crippen LogP contribution in [0, 0.1) is 10.1 Å². The lowest BCUT2D eigenvalue weighted by Crippen LogP contribution is -2.42. The third kappa shape index (κ3) is 4.66. The van der Waals surface area contributed by atoms with Crippen LogP contribution >= 0.6 is 0 Å². The van der Waals surface area contributed by atoms with Gasteiger partial charge in [0.05, 0.1) is 16.1 Å². The summed E-state index contributed by atoms with van der Waals surface area (Å²) in [4.78, 5) is 58.4. The smallest absolute Gasteiger partial charge is 0.407 e. The SMILES string of the molecule is C=CCOC(=O)NCCNC(=O)CN1C(=O)c2ccc([N+](=O)[O-])cc2C1=O. The Kier molecular flexibility index (Phi) is 6.20. The second kappa shape index (κ2) is 8.56. The summed E-state index contributed by atoms with van der Waals surface area (Å²) in [7, 11) is 0. The average molecular weight is 376 g/mol. The molecule has 11 heteroatoms. The number of nitrogens with one attached hydrogen (secondary N) is 2. The molecule has 0 aliphatic carbocycles. The lowest BCUT2D eigenvalue weighted by Gasteiger charge is -2.13. The van der Waals surface area contributed by atoms with Crippen molar-refractivity contribution in [1.29, 1.82) is 0 Å². The van der Waals surface area contributed by atoms with E-state index in [1.807, 2.05) is 0 Å². The summed E-state index contributed by atoms with van der Waals surface area (Å²) < 4.78 is 4.67. The van der Waals surface area contributed by atoms with Gasteiger partial charge in [-0.05, 0) is 6.07 Å². The molecule has 0 aromatic heterocycles. The Bertz CT molecular complexity index is 821. The minimum Gasteiger partial charge on any atom is -0.445 e. The number of nitro groups is 1. The summed E-state index contributed by atoms with van der Waals surface area (Å²) in [6.45, 7) is 3.03. The Labute approximate surface area is 153 Å². The molecule has 0 spiro atoms. The maximum atomic E-state index is 12.3. The molecule has 1 aliphatic heterocycles. The van der Waals surface area contributed by atoms with Gasteiger partial charge in [-0.1, -0.05) is 12.7 Å². The summed E-state index contributed by atoms with van der Waals surface area (Å²) in [5.41, 5.74) is -0.436. The molecule has 2 rings (SSSR count). The Hall–Kier alpha value is -3.76. The van der Waals surface area contributed by atoms with E-state index in [9.17, 15) is 29.3 Å².